The SMILES string of the molecule is Nc1ncnc2c1CCC21CCNCC1. The van der Waals surface area contributed by atoms with E-state index in [1.807, 2.05) is 0 Å². The van der Waals surface area contributed by atoms with Crippen LogP contribution in [0, 0.1) is 0 Å². The highest BCUT2D eigenvalue weighted by atomic mass is 14.9. The second-order valence-corrected chi connectivity index (χ2v) is 4.62. The van der Waals surface area contributed by atoms with E-state index in [0.29, 0.717) is 11.2 Å². The highest BCUT2D eigenvalue weighted by molar-refractivity contribution is 5.47. The predicted molar refractivity (Wildman–Crippen MR) is 58.5 cm³/mol. The van der Waals surface area contributed by atoms with Crippen LogP contribution in [0.5, 0.6) is 0 Å². The Morgan fingerprint density at radius 3 is 2.80 bits per heavy atom. The van der Waals surface area contributed by atoms with Crippen molar-refractivity contribution in [2.45, 2.75) is 31.1 Å². The molecule has 0 bridgehead atoms. The van der Waals surface area contributed by atoms with Crippen molar-refractivity contribution in [3.63, 3.8) is 0 Å². The molecule has 1 spiro atoms. The Morgan fingerprint density at radius 1 is 1.20 bits per heavy atom. The number of piperidine rings is 1. The van der Waals surface area contributed by atoms with Crippen molar-refractivity contribution >= 4 is 5.82 Å². The summed E-state index contributed by atoms with van der Waals surface area (Å²) in [6, 6.07) is 0. The number of hydrogen-bond donors (Lipinski definition) is 2. The highest BCUT2D eigenvalue weighted by Crippen LogP contribution is 2.44. The average molecular weight is 204 g/mol. The van der Waals surface area contributed by atoms with Crippen molar-refractivity contribution < 1.29 is 0 Å². The lowest BCUT2D eigenvalue weighted by molar-refractivity contribution is 0.300. The van der Waals surface area contributed by atoms with E-state index in [-0.39, 0.29) is 0 Å². The molecule has 0 unspecified atom stereocenters. The van der Waals surface area contributed by atoms with Crippen LogP contribution in [0.4, 0.5) is 5.82 Å². The molecule has 1 aromatic heterocycles. The van der Waals surface area contributed by atoms with Gasteiger partial charge in [0.2, 0.25) is 0 Å². The Labute approximate surface area is 89.3 Å². The number of nitrogen functional groups attached to an aromatic ring is 1. The van der Waals surface area contributed by atoms with Crippen molar-refractivity contribution in [2.75, 3.05) is 18.8 Å². The molecule has 80 valence electrons. The fourth-order valence-electron chi connectivity index (χ4n) is 3.00. The van der Waals surface area contributed by atoms with Crippen LogP contribution in [-0.4, -0.2) is 23.1 Å². The third kappa shape index (κ3) is 1.24. The smallest absolute Gasteiger partial charge is 0.130 e. The lowest BCUT2D eigenvalue weighted by atomic mass is 9.77. The quantitative estimate of drug-likeness (QED) is 0.650. The van der Waals surface area contributed by atoms with Crippen LogP contribution in [-0.2, 0) is 11.8 Å². The van der Waals surface area contributed by atoms with E-state index in [2.05, 4.69) is 15.3 Å². The maximum Gasteiger partial charge on any atom is 0.130 e. The Hall–Kier alpha value is -1.16. The van der Waals surface area contributed by atoms with Gasteiger partial charge in [0.25, 0.3) is 0 Å². The van der Waals surface area contributed by atoms with Gasteiger partial charge in [0.1, 0.15) is 12.1 Å². The normalized spacial score (nSPS) is 22.9. The van der Waals surface area contributed by atoms with Crippen LogP contribution in [0.15, 0.2) is 6.33 Å². The minimum absolute atomic E-state index is 0.303. The highest BCUT2D eigenvalue weighted by Gasteiger charge is 2.41. The van der Waals surface area contributed by atoms with Gasteiger partial charge in [-0.05, 0) is 38.8 Å². The molecule has 1 fully saturated rings. The van der Waals surface area contributed by atoms with Crippen molar-refractivity contribution in [3.05, 3.63) is 17.6 Å². The zero-order valence-electron chi connectivity index (χ0n) is 8.79. The van der Waals surface area contributed by atoms with Gasteiger partial charge in [0.15, 0.2) is 0 Å². The fourth-order valence-corrected chi connectivity index (χ4v) is 3.00. The van der Waals surface area contributed by atoms with Gasteiger partial charge in [-0.25, -0.2) is 9.97 Å². The van der Waals surface area contributed by atoms with Crippen molar-refractivity contribution in [3.8, 4) is 0 Å². The van der Waals surface area contributed by atoms with Gasteiger partial charge >= 0.3 is 0 Å². The molecule has 4 nitrogen and oxygen atoms in total. The lowest BCUT2D eigenvalue weighted by Gasteiger charge is -2.33. The summed E-state index contributed by atoms with van der Waals surface area (Å²) in [5.41, 5.74) is 8.64. The van der Waals surface area contributed by atoms with Crippen molar-refractivity contribution in [1.29, 1.82) is 0 Å². The topological polar surface area (TPSA) is 63.8 Å². The minimum atomic E-state index is 0.303. The molecule has 3 rings (SSSR count). The van der Waals surface area contributed by atoms with Gasteiger partial charge in [0, 0.05) is 11.0 Å². The maximum atomic E-state index is 5.90. The van der Waals surface area contributed by atoms with E-state index >= 15 is 0 Å². The molecule has 0 saturated carbocycles. The third-order valence-electron chi connectivity index (χ3n) is 3.90. The number of hydrogen-bond acceptors (Lipinski definition) is 4. The molecule has 1 aromatic rings. The van der Waals surface area contributed by atoms with E-state index < -0.39 is 0 Å². The number of rotatable bonds is 0. The molecule has 1 saturated heterocycles. The first kappa shape index (κ1) is 9.09. The van der Waals surface area contributed by atoms with Gasteiger partial charge in [-0.15, -0.1) is 0 Å². The Balaban J connectivity index is 2.06. The molecule has 2 aliphatic rings. The van der Waals surface area contributed by atoms with Crippen molar-refractivity contribution in [2.24, 2.45) is 0 Å². The van der Waals surface area contributed by atoms with Crippen LogP contribution in [0.1, 0.15) is 30.5 Å². The fraction of sp³-hybridized carbons (Fsp3) is 0.636. The molecule has 0 amide bonds. The van der Waals surface area contributed by atoms with Crippen molar-refractivity contribution in [1.82, 2.24) is 15.3 Å². The Kier molecular flexibility index (Phi) is 1.92. The average Bonchev–Trinajstić information content (AvgIpc) is 2.61. The maximum absolute atomic E-state index is 5.90. The number of nitrogens with one attached hydrogen (secondary N) is 1. The molecule has 2 heterocycles. The largest absolute Gasteiger partial charge is 0.383 e. The molecular weight excluding hydrogens is 188 g/mol. The molecular formula is C11H16N4. The standard InChI is InChI=1S/C11H16N4/c12-10-8-1-2-11(3-5-13-6-4-11)9(8)14-7-15-10/h7,13H,1-6H2,(H2,12,14,15). The summed E-state index contributed by atoms with van der Waals surface area (Å²) in [6.45, 7) is 2.20. The summed E-state index contributed by atoms with van der Waals surface area (Å²) in [7, 11) is 0. The van der Waals surface area contributed by atoms with Gasteiger partial charge in [-0.3, -0.25) is 0 Å². The van der Waals surface area contributed by atoms with Gasteiger partial charge in [0.05, 0.1) is 5.69 Å². The molecule has 0 atom stereocenters. The van der Waals surface area contributed by atoms with Crippen LogP contribution in [0.2, 0.25) is 0 Å². The predicted octanol–water partition coefficient (Wildman–Crippen LogP) is 0.626. The lowest BCUT2D eigenvalue weighted by Crippen LogP contribution is -2.38. The molecule has 0 radical (unpaired) electrons. The monoisotopic (exact) mass is 204 g/mol. The number of fused-ring (bicyclic) bond motifs is 2. The van der Waals surface area contributed by atoms with Gasteiger partial charge in [-0.2, -0.15) is 0 Å². The number of nitrogens with zero attached hydrogens (tertiary/aromatic N) is 2. The second-order valence-electron chi connectivity index (χ2n) is 4.62. The summed E-state index contributed by atoms with van der Waals surface area (Å²) in [4.78, 5) is 8.56. The summed E-state index contributed by atoms with van der Waals surface area (Å²) in [5, 5.41) is 3.41. The molecule has 4 heteroatoms. The second kappa shape index (κ2) is 3.17. The molecule has 3 N–H and O–H groups in total. The summed E-state index contributed by atoms with van der Waals surface area (Å²) in [5.74, 6) is 0.690. The Morgan fingerprint density at radius 2 is 2.00 bits per heavy atom. The first-order valence-electron chi connectivity index (χ1n) is 5.62. The van der Waals surface area contributed by atoms with Crippen LogP contribution in [0.3, 0.4) is 0 Å². The minimum Gasteiger partial charge on any atom is -0.383 e. The first-order chi connectivity index (χ1) is 7.32. The number of aromatic nitrogens is 2. The summed E-state index contributed by atoms with van der Waals surface area (Å²) >= 11 is 0. The summed E-state index contributed by atoms with van der Waals surface area (Å²) < 4.78 is 0. The van der Waals surface area contributed by atoms with Crippen LogP contribution < -0.4 is 11.1 Å². The zero-order chi connectivity index (χ0) is 10.3. The van der Waals surface area contributed by atoms with Crippen LogP contribution in [0.25, 0.3) is 0 Å². The summed E-state index contributed by atoms with van der Waals surface area (Å²) in [6.07, 6.45) is 6.26. The first-order valence-corrected chi connectivity index (χ1v) is 5.62. The zero-order valence-corrected chi connectivity index (χ0v) is 8.79. The van der Waals surface area contributed by atoms with E-state index in [9.17, 15) is 0 Å². The van der Waals surface area contributed by atoms with E-state index in [0.717, 1.165) is 19.5 Å². The van der Waals surface area contributed by atoms with Gasteiger partial charge in [-0.1, -0.05) is 0 Å². The molecule has 15 heavy (non-hydrogen) atoms. The van der Waals surface area contributed by atoms with E-state index in [1.165, 1.54) is 30.5 Å². The van der Waals surface area contributed by atoms with Crippen LogP contribution >= 0.6 is 0 Å². The third-order valence-corrected chi connectivity index (χ3v) is 3.90. The molecule has 1 aliphatic heterocycles. The Bertz CT molecular complexity index is 382. The van der Waals surface area contributed by atoms with E-state index in [4.69, 9.17) is 5.73 Å². The van der Waals surface area contributed by atoms with E-state index in [1.54, 1.807) is 6.33 Å². The number of anilines is 1. The molecule has 0 aromatic carbocycles. The molecule has 1 aliphatic carbocycles. The van der Waals surface area contributed by atoms with Gasteiger partial charge < -0.3 is 11.1 Å². The number of nitrogens with two attached hydrogens (primary N) is 1.